The average molecular weight is 230 g/mol. The van der Waals surface area contributed by atoms with Gasteiger partial charge < -0.3 is 5.11 Å². The van der Waals surface area contributed by atoms with Gasteiger partial charge in [-0.05, 0) is 48.2 Å². The van der Waals surface area contributed by atoms with E-state index in [1.807, 2.05) is 32.0 Å². The first kappa shape index (κ1) is 11.8. The maximum absolute atomic E-state index is 12.8. The summed E-state index contributed by atoms with van der Waals surface area (Å²) in [4.78, 5) is 0. The van der Waals surface area contributed by atoms with Crippen molar-refractivity contribution in [2.75, 3.05) is 0 Å². The fourth-order valence-electron chi connectivity index (χ4n) is 1.77. The molecule has 0 radical (unpaired) electrons. The number of aliphatic hydroxyl groups excluding tert-OH is 1. The van der Waals surface area contributed by atoms with Crippen molar-refractivity contribution in [3.05, 3.63) is 70.5 Å². The van der Waals surface area contributed by atoms with Crippen LogP contribution in [-0.4, -0.2) is 5.11 Å². The fourth-order valence-corrected chi connectivity index (χ4v) is 1.77. The van der Waals surface area contributed by atoms with E-state index in [9.17, 15) is 9.50 Å². The molecule has 0 heterocycles. The molecule has 2 aromatic carbocycles. The molecule has 0 spiro atoms. The fraction of sp³-hybridized carbons (Fsp3) is 0.200. The second kappa shape index (κ2) is 4.68. The van der Waals surface area contributed by atoms with Crippen LogP contribution in [0.4, 0.5) is 4.39 Å². The highest BCUT2D eigenvalue weighted by Gasteiger charge is 2.10. The Morgan fingerprint density at radius 1 is 0.882 bits per heavy atom. The monoisotopic (exact) mass is 230 g/mol. The van der Waals surface area contributed by atoms with Crippen LogP contribution in [0.15, 0.2) is 42.5 Å². The van der Waals surface area contributed by atoms with Gasteiger partial charge in [-0.1, -0.05) is 30.3 Å². The third-order valence-electron chi connectivity index (χ3n) is 3.03. The first-order valence-electron chi connectivity index (χ1n) is 5.58. The van der Waals surface area contributed by atoms with E-state index in [2.05, 4.69) is 0 Å². The first-order valence-corrected chi connectivity index (χ1v) is 5.58. The molecule has 2 rings (SSSR count). The molecule has 0 aromatic heterocycles. The predicted molar refractivity (Wildman–Crippen MR) is 66.4 cm³/mol. The number of aliphatic hydroxyl groups is 1. The number of hydrogen-bond donors (Lipinski definition) is 1. The Labute approximate surface area is 101 Å². The van der Waals surface area contributed by atoms with E-state index in [1.54, 1.807) is 12.1 Å². The largest absolute Gasteiger partial charge is 0.384 e. The lowest BCUT2D eigenvalue weighted by molar-refractivity contribution is 0.220. The highest BCUT2D eigenvalue weighted by Crippen LogP contribution is 2.23. The smallest absolute Gasteiger partial charge is 0.123 e. The van der Waals surface area contributed by atoms with Gasteiger partial charge in [0, 0.05) is 0 Å². The number of rotatable bonds is 2. The van der Waals surface area contributed by atoms with Crippen LogP contribution in [0, 0.1) is 19.7 Å². The van der Waals surface area contributed by atoms with Crippen LogP contribution < -0.4 is 0 Å². The molecule has 2 heteroatoms. The van der Waals surface area contributed by atoms with Crippen molar-refractivity contribution in [2.24, 2.45) is 0 Å². The molecule has 0 aliphatic carbocycles. The van der Waals surface area contributed by atoms with Gasteiger partial charge in [-0.25, -0.2) is 4.39 Å². The van der Waals surface area contributed by atoms with Gasteiger partial charge in [-0.3, -0.25) is 0 Å². The topological polar surface area (TPSA) is 20.2 Å². The van der Waals surface area contributed by atoms with Crippen molar-refractivity contribution in [3.63, 3.8) is 0 Å². The average Bonchev–Trinajstić information content (AvgIpc) is 2.33. The molecule has 1 atom stereocenters. The standard InChI is InChI=1S/C15H15FO/c1-10-3-4-13(9-11(10)2)15(17)12-5-7-14(16)8-6-12/h3-9,15,17H,1-2H3/t15-/m0/s1. The van der Waals surface area contributed by atoms with E-state index in [1.165, 1.54) is 17.7 Å². The Bertz CT molecular complexity index is 517. The third kappa shape index (κ3) is 2.53. The van der Waals surface area contributed by atoms with E-state index < -0.39 is 6.10 Å². The molecule has 1 nitrogen and oxygen atoms in total. The van der Waals surface area contributed by atoms with Gasteiger partial charge in [0.1, 0.15) is 11.9 Å². The summed E-state index contributed by atoms with van der Waals surface area (Å²) < 4.78 is 12.8. The zero-order chi connectivity index (χ0) is 12.4. The first-order chi connectivity index (χ1) is 8.08. The van der Waals surface area contributed by atoms with E-state index >= 15 is 0 Å². The molecule has 0 saturated heterocycles. The van der Waals surface area contributed by atoms with E-state index in [4.69, 9.17) is 0 Å². The second-order valence-electron chi connectivity index (χ2n) is 4.30. The highest BCUT2D eigenvalue weighted by atomic mass is 19.1. The lowest BCUT2D eigenvalue weighted by atomic mass is 9.98. The van der Waals surface area contributed by atoms with Crippen LogP contribution in [0.5, 0.6) is 0 Å². The number of aryl methyl sites for hydroxylation is 2. The SMILES string of the molecule is Cc1ccc([C@@H](O)c2ccc(F)cc2)cc1C. The molecule has 0 aliphatic rings. The summed E-state index contributed by atoms with van der Waals surface area (Å²) in [6.45, 7) is 4.04. The molecule has 0 amide bonds. The summed E-state index contributed by atoms with van der Waals surface area (Å²) in [6.07, 6.45) is -0.699. The highest BCUT2D eigenvalue weighted by molar-refractivity contribution is 5.35. The minimum absolute atomic E-state index is 0.291. The maximum Gasteiger partial charge on any atom is 0.123 e. The van der Waals surface area contributed by atoms with Crippen molar-refractivity contribution >= 4 is 0 Å². The normalized spacial score (nSPS) is 12.5. The number of benzene rings is 2. The zero-order valence-corrected chi connectivity index (χ0v) is 9.94. The van der Waals surface area contributed by atoms with Crippen molar-refractivity contribution in [1.29, 1.82) is 0 Å². The van der Waals surface area contributed by atoms with E-state index in [0.717, 1.165) is 11.1 Å². The zero-order valence-electron chi connectivity index (χ0n) is 9.94. The molecular weight excluding hydrogens is 215 g/mol. The van der Waals surface area contributed by atoms with Gasteiger partial charge in [0.2, 0.25) is 0 Å². The van der Waals surface area contributed by atoms with Crippen LogP contribution in [0.2, 0.25) is 0 Å². The quantitative estimate of drug-likeness (QED) is 0.836. The molecule has 88 valence electrons. The Morgan fingerprint density at radius 3 is 2.06 bits per heavy atom. The Kier molecular flexibility index (Phi) is 3.25. The van der Waals surface area contributed by atoms with Gasteiger partial charge in [-0.15, -0.1) is 0 Å². The lowest BCUT2D eigenvalue weighted by Crippen LogP contribution is -2.00. The van der Waals surface area contributed by atoms with Crippen molar-refractivity contribution in [2.45, 2.75) is 20.0 Å². The summed E-state index contributed by atoms with van der Waals surface area (Å²) in [5, 5.41) is 10.2. The number of halogens is 1. The minimum atomic E-state index is -0.699. The predicted octanol–water partition coefficient (Wildman–Crippen LogP) is 3.52. The maximum atomic E-state index is 12.8. The molecule has 2 aromatic rings. The van der Waals surface area contributed by atoms with Gasteiger partial charge in [-0.2, -0.15) is 0 Å². The van der Waals surface area contributed by atoms with Gasteiger partial charge in [0.15, 0.2) is 0 Å². The van der Waals surface area contributed by atoms with Crippen LogP contribution in [0.25, 0.3) is 0 Å². The summed E-state index contributed by atoms with van der Waals surface area (Å²) >= 11 is 0. The molecular formula is C15H15FO. The van der Waals surface area contributed by atoms with Crippen molar-refractivity contribution < 1.29 is 9.50 Å². The third-order valence-corrected chi connectivity index (χ3v) is 3.03. The Hall–Kier alpha value is -1.67. The number of hydrogen-bond acceptors (Lipinski definition) is 1. The summed E-state index contributed by atoms with van der Waals surface area (Å²) in [7, 11) is 0. The molecule has 17 heavy (non-hydrogen) atoms. The van der Waals surface area contributed by atoms with Crippen molar-refractivity contribution in [3.8, 4) is 0 Å². The van der Waals surface area contributed by atoms with Crippen LogP contribution in [0.1, 0.15) is 28.4 Å². The van der Waals surface area contributed by atoms with Gasteiger partial charge >= 0.3 is 0 Å². The Balaban J connectivity index is 2.33. The van der Waals surface area contributed by atoms with Gasteiger partial charge in [0.05, 0.1) is 0 Å². The summed E-state index contributed by atoms with van der Waals surface area (Å²) in [6, 6.07) is 11.8. The second-order valence-corrected chi connectivity index (χ2v) is 4.30. The summed E-state index contributed by atoms with van der Waals surface area (Å²) in [5.74, 6) is -0.291. The van der Waals surface area contributed by atoms with Crippen LogP contribution in [0.3, 0.4) is 0 Å². The molecule has 0 aliphatic heterocycles. The molecule has 0 saturated carbocycles. The van der Waals surface area contributed by atoms with Gasteiger partial charge in [0.25, 0.3) is 0 Å². The van der Waals surface area contributed by atoms with Crippen LogP contribution >= 0.6 is 0 Å². The minimum Gasteiger partial charge on any atom is -0.384 e. The van der Waals surface area contributed by atoms with E-state index in [-0.39, 0.29) is 5.82 Å². The Morgan fingerprint density at radius 2 is 1.47 bits per heavy atom. The summed E-state index contributed by atoms with van der Waals surface area (Å²) in [5.41, 5.74) is 3.87. The van der Waals surface area contributed by atoms with Crippen molar-refractivity contribution in [1.82, 2.24) is 0 Å². The molecule has 0 fully saturated rings. The molecule has 1 N–H and O–H groups in total. The lowest BCUT2D eigenvalue weighted by Gasteiger charge is -2.13. The molecule has 0 unspecified atom stereocenters. The molecule has 0 bridgehead atoms. The van der Waals surface area contributed by atoms with Crippen LogP contribution in [-0.2, 0) is 0 Å². The van der Waals surface area contributed by atoms with E-state index in [0.29, 0.717) is 5.56 Å².